The molecule has 0 N–H and O–H groups in total. The standard InChI is InChI=1S/C27H51NO3/c1-3-4-5-6-7-9-12-15-18-26(19-16-13-10-8-11-14-17-24-29)31-27(30)25-20-22-28(2)23-21-25/h24-26H,3-23H2,1-2H3. The number of hydrogen-bond acceptors (Lipinski definition) is 4. The number of nitrogens with zero attached hydrogens (tertiary/aromatic N) is 1. The number of aldehydes is 1. The highest BCUT2D eigenvalue weighted by Crippen LogP contribution is 2.22. The number of hydrogen-bond donors (Lipinski definition) is 0. The van der Waals surface area contributed by atoms with Crippen molar-refractivity contribution in [2.45, 2.75) is 135 Å². The number of carbonyl (C=O) groups excluding carboxylic acids is 2. The first kappa shape index (κ1) is 28.1. The lowest BCUT2D eigenvalue weighted by Gasteiger charge is -2.29. The van der Waals surface area contributed by atoms with Gasteiger partial charge in [-0.15, -0.1) is 0 Å². The normalized spacial score (nSPS) is 16.3. The van der Waals surface area contributed by atoms with E-state index in [0.717, 1.165) is 64.3 Å². The van der Waals surface area contributed by atoms with Gasteiger partial charge < -0.3 is 14.4 Å². The van der Waals surface area contributed by atoms with Crippen LogP contribution in [0.5, 0.6) is 0 Å². The van der Waals surface area contributed by atoms with Gasteiger partial charge in [-0.3, -0.25) is 4.79 Å². The van der Waals surface area contributed by atoms with Crippen molar-refractivity contribution in [2.75, 3.05) is 20.1 Å². The van der Waals surface area contributed by atoms with Crippen molar-refractivity contribution in [1.82, 2.24) is 4.90 Å². The molecule has 0 aromatic rings. The van der Waals surface area contributed by atoms with Crippen LogP contribution in [0, 0.1) is 5.92 Å². The second-order valence-electron chi connectivity index (χ2n) is 9.77. The van der Waals surface area contributed by atoms with Crippen LogP contribution in [0.4, 0.5) is 0 Å². The minimum absolute atomic E-state index is 0.0616. The van der Waals surface area contributed by atoms with Gasteiger partial charge in [0.1, 0.15) is 12.4 Å². The third kappa shape index (κ3) is 15.5. The number of likely N-dealkylation sites (tertiary alicyclic amines) is 1. The van der Waals surface area contributed by atoms with Crippen molar-refractivity contribution >= 4 is 12.3 Å². The average molecular weight is 438 g/mol. The molecule has 4 nitrogen and oxygen atoms in total. The molecule has 1 aliphatic rings. The molecule has 182 valence electrons. The maximum Gasteiger partial charge on any atom is 0.309 e. The maximum absolute atomic E-state index is 12.7. The summed E-state index contributed by atoms with van der Waals surface area (Å²) in [6.07, 6.45) is 23.3. The monoisotopic (exact) mass is 437 g/mol. The van der Waals surface area contributed by atoms with Gasteiger partial charge in [-0.25, -0.2) is 0 Å². The van der Waals surface area contributed by atoms with Crippen LogP contribution >= 0.6 is 0 Å². The van der Waals surface area contributed by atoms with Gasteiger partial charge >= 0.3 is 5.97 Å². The molecular weight excluding hydrogens is 386 g/mol. The molecule has 0 aromatic heterocycles. The van der Waals surface area contributed by atoms with E-state index in [1.807, 2.05) is 0 Å². The van der Waals surface area contributed by atoms with Gasteiger partial charge in [-0.2, -0.15) is 0 Å². The third-order valence-electron chi connectivity index (χ3n) is 6.81. The summed E-state index contributed by atoms with van der Waals surface area (Å²) in [5, 5.41) is 0. The minimum atomic E-state index is 0.0616. The Hall–Kier alpha value is -0.900. The van der Waals surface area contributed by atoms with Crippen LogP contribution in [0.2, 0.25) is 0 Å². The Morgan fingerprint density at radius 3 is 1.84 bits per heavy atom. The Morgan fingerprint density at radius 2 is 1.32 bits per heavy atom. The molecule has 0 saturated carbocycles. The number of carbonyl (C=O) groups is 2. The van der Waals surface area contributed by atoms with Crippen molar-refractivity contribution in [2.24, 2.45) is 5.92 Å². The van der Waals surface area contributed by atoms with Gasteiger partial charge in [-0.05, 0) is 65.1 Å². The Bertz CT molecular complexity index is 432. The molecule has 0 aromatic carbocycles. The highest BCUT2D eigenvalue weighted by atomic mass is 16.5. The fraction of sp³-hybridized carbons (Fsp3) is 0.926. The van der Waals surface area contributed by atoms with Crippen LogP contribution in [-0.4, -0.2) is 43.4 Å². The molecule has 0 spiro atoms. The molecule has 1 fully saturated rings. The number of rotatable bonds is 20. The molecule has 1 aliphatic heterocycles. The Kier molecular flexibility index (Phi) is 17.9. The van der Waals surface area contributed by atoms with E-state index in [2.05, 4.69) is 18.9 Å². The smallest absolute Gasteiger partial charge is 0.309 e. The Labute approximate surface area is 192 Å². The predicted molar refractivity (Wildman–Crippen MR) is 130 cm³/mol. The van der Waals surface area contributed by atoms with Gasteiger partial charge in [0.05, 0.1) is 5.92 Å². The summed E-state index contributed by atoms with van der Waals surface area (Å²) in [6, 6.07) is 0. The van der Waals surface area contributed by atoms with Gasteiger partial charge in [0.2, 0.25) is 0 Å². The highest BCUT2D eigenvalue weighted by molar-refractivity contribution is 5.72. The molecular formula is C27H51NO3. The topological polar surface area (TPSA) is 46.6 Å². The quantitative estimate of drug-likeness (QED) is 0.116. The molecule has 4 heteroatoms. The van der Waals surface area contributed by atoms with Crippen molar-refractivity contribution in [3.8, 4) is 0 Å². The molecule has 1 atom stereocenters. The first-order valence-electron chi connectivity index (χ1n) is 13.5. The summed E-state index contributed by atoms with van der Waals surface area (Å²) in [6.45, 7) is 4.28. The number of ether oxygens (including phenoxy) is 1. The number of esters is 1. The number of unbranched alkanes of at least 4 members (excludes halogenated alkanes) is 13. The van der Waals surface area contributed by atoms with Crippen LogP contribution in [0.3, 0.4) is 0 Å². The molecule has 31 heavy (non-hydrogen) atoms. The molecule has 0 radical (unpaired) electrons. The lowest BCUT2D eigenvalue weighted by molar-refractivity contribution is -0.156. The van der Waals surface area contributed by atoms with Crippen LogP contribution in [0.15, 0.2) is 0 Å². The molecule has 1 saturated heterocycles. The van der Waals surface area contributed by atoms with Gasteiger partial charge in [0.25, 0.3) is 0 Å². The molecule has 0 amide bonds. The molecule has 0 bridgehead atoms. The predicted octanol–water partition coefficient (Wildman–Crippen LogP) is 7.09. The summed E-state index contributed by atoms with van der Waals surface area (Å²) in [5.41, 5.74) is 0. The van der Waals surface area contributed by atoms with E-state index in [4.69, 9.17) is 4.74 Å². The molecule has 1 rings (SSSR count). The Morgan fingerprint density at radius 1 is 0.839 bits per heavy atom. The second-order valence-corrected chi connectivity index (χ2v) is 9.77. The van der Waals surface area contributed by atoms with E-state index in [0.29, 0.717) is 6.42 Å². The summed E-state index contributed by atoms with van der Waals surface area (Å²) >= 11 is 0. The summed E-state index contributed by atoms with van der Waals surface area (Å²) in [7, 11) is 2.13. The minimum Gasteiger partial charge on any atom is -0.462 e. The zero-order chi connectivity index (χ0) is 22.6. The molecule has 1 heterocycles. The van der Waals surface area contributed by atoms with E-state index in [-0.39, 0.29) is 18.0 Å². The summed E-state index contributed by atoms with van der Waals surface area (Å²) < 4.78 is 6.05. The van der Waals surface area contributed by atoms with Gasteiger partial charge in [-0.1, -0.05) is 77.6 Å². The molecule has 1 unspecified atom stereocenters. The fourth-order valence-corrected chi connectivity index (χ4v) is 4.58. The van der Waals surface area contributed by atoms with Gasteiger partial charge in [0, 0.05) is 6.42 Å². The van der Waals surface area contributed by atoms with Crippen LogP contribution in [0.25, 0.3) is 0 Å². The van der Waals surface area contributed by atoms with Crippen LogP contribution in [0.1, 0.15) is 129 Å². The summed E-state index contributed by atoms with van der Waals surface area (Å²) in [5.74, 6) is 0.168. The molecule has 0 aliphatic carbocycles. The third-order valence-corrected chi connectivity index (χ3v) is 6.81. The second kappa shape index (κ2) is 19.8. The first-order chi connectivity index (χ1) is 15.2. The zero-order valence-electron chi connectivity index (χ0n) is 20.8. The SMILES string of the molecule is CCCCCCCCCCC(CCCCCCCCC=O)OC(=O)C1CCN(C)CC1. The largest absolute Gasteiger partial charge is 0.462 e. The number of piperidine rings is 1. The van der Waals surface area contributed by atoms with E-state index in [1.54, 1.807) is 0 Å². The average Bonchev–Trinajstić information content (AvgIpc) is 2.77. The van der Waals surface area contributed by atoms with E-state index < -0.39 is 0 Å². The first-order valence-corrected chi connectivity index (χ1v) is 13.5. The highest BCUT2D eigenvalue weighted by Gasteiger charge is 2.26. The van der Waals surface area contributed by atoms with Crippen molar-refractivity contribution in [1.29, 1.82) is 0 Å². The lowest BCUT2D eigenvalue weighted by atomic mass is 9.97. The Balaban J connectivity index is 2.26. The van der Waals surface area contributed by atoms with Crippen molar-refractivity contribution < 1.29 is 14.3 Å². The van der Waals surface area contributed by atoms with E-state index >= 15 is 0 Å². The fourth-order valence-electron chi connectivity index (χ4n) is 4.58. The zero-order valence-corrected chi connectivity index (χ0v) is 20.8. The van der Waals surface area contributed by atoms with Crippen LogP contribution < -0.4 is 0 Å². The van der Waals surface area contributed by atoms with Crippen molar-refractivity contribution in [3.05, 3.63) is 0 Å². The summed E-state index contributed by atoms with van der Waals surface area (Å²) in [4.78, 5) is 25.4. The van der Waals surface area contributed by atoms with E-state index in [1.165, 1.54) is 70.6 Å². The van der Waals surface area contributed by atoms with Crippen LogP contribution in [-0.2, 0) is 14.3 Å². The maximum atomic E-state index is 12.7. The van der Waals surface area contributed by atoms with E-state index in [9.17, 15) is 9.59 Å². The lowest BCUT2D eigenvalue weighted by Crippen LogP contribution is -2.35. The van der Waals surface area contributed by atoms with Gasteiger partial charge in [0.15, 0.2) is 0 Å². The van der Waals surface area contributed by atoms with Crippen molar-refractivity contribution in [3.63, 3.8) is 0 Å².